The lowest BCUT2D eigenvalue weighted by molar-refractivity contribution is 0.265. The lowest BCUT2D eigenvalue weighted by Crippen LogP contribution is -2.03. The number of hydrogen-bond donors (Lipinski definition) is 1. The van der Waals surface area contributed by atoms with Gasteiger partial charge in [-0.2, -0.15) is 0 Å². The number of azide groups is 1. The van der Waals surface area contributed by atoms with Gasteiger partial charge in [0.1, 0.15) is 5.82 Å². The highest BCUT2D eigenvalue weighted by Crippen LogP contribution is 2.25. The van der Waals surface area contributed by atoms with E-state index in [2.05, 4.69) is 26.0 Å². The minimum absolute atomic E-state index is 0.180. The maximum absolute atomic E-state index is 13.4. The van der Waals surface area contributed by atoms with Crippen molar-refractivity contribution in [2.75, 3.05) is 6.61 Å². The molecule has 4 nitrogen and oxygen atoms in total. The van der Waals surface area contributed by atoms with Gasteiger partial charge in [-0.05, 0) is 27.5 Å². The van der Waals surface area contributed by atoms with Crippen LogP contribution in [0.15, 0.2) is 27.8 Å². The third kappa shape index (κ3) is 2.23. The molecule has 0 aromatic heterocycles. The predicted molar refractivity (Wildman–Crippen MR) is 53.1 cm³/mol. The van der Waals surface area contributed by atoms with Gasteiger partial charge in [0.15, 0.2) is 0 Å². The summed E-state index contributed by atoms with van der Waals surface area (Å²) >= 11 is 3.00. The third-order valence-corrected chi connectivity index (χ3v) is 2.32. The van der Waals surface area contributed by atoms with Gasteiger partial charge in [-0.25, -0.2) is 4.39 Å². The van der Waals surface area contributed by atoms with E-state index < -0.39 is 18.5 Å². The molecule has 0 amide bonds. The van der Waals surface area contributed by atoms with Crippen LogP contribution >= 0.6 is 15.9 Å². The Bertz CT molecular complexity index is 379. The van der Waals surface area contributed by atoms with Crippen LogP contribution in [0.25, 0.3) is 10.4 Å². The van der Waals surface area contributed by atoms with E-state index in [1.807, 2.05) is 0 Å². The Kier molecular flexibility index (Phi) is 3.88. The standard InChI is InChI=1S/C8H7BrFN3O/c9-6-3-1-2-5(8(6)10)7(4-14)12-13-11/h1-3,7,14H,4H2. The molecule has 1 atom stereocenters. The van der Waals surface area contributed by atoms with Crippen molar-refractivity contribution in [3.63, 3.8) is 0 Å². The molecule has 74 valence electrons. The summed E-state index contributed by atoms with van der Waals surface area (Å²) in [5.74, 6) is -0.515. The molecule has 0 fully saturated rings. The van der Waals surface area contributed by atoms with Crippen molar-refractivity contribution in [1.82, 2.24) is 0 Å². The van der Waals surface area contributed by atoms with Gasteiger partial charge in [0.05, 0.1) is 17.1 Å². The average Bonchev–Trinajstić information content (AvgIpc) is 2.19. The second kappa shape index (κ2) is 4.95. The Labute approximate surface area is 88.1 Å². The van der Waals surface area contributed by atoms with Crippen LogP contribution in [0.1, 0.15) is 11.6 Å². The Morgan fingerprint density at radius 1 is 1.64 bits per heavy atom. The summed E-state index contributed by atoms with van der Waals surface area (Å²) in [5.41, 5.74) is 8.38. The van der Waals surface area contributed by atoms with Crippen molar-refractivity contribution in [3.05, 3.63) is 44.5 Å². The molecule has 1 aromatic carbocycles. The molecule has 1 N–H and O–H groups in total. The largest absolute Gasteiger partial charge is 0.396 e. The van der Waals surface area contributed by atoms with Gasteiger partial charge in [0, 0.05) is 10.5 Å². The maximum atomic E-state index is 13.4. The Morgan fingerprint density at radius 3 is 2.93 bits per heavy atom. The first kappa shape index (κ1) is 11.0. The topological polar surface area (TPSA) is 69.0 Å². The highest BCUT2D eigenvalue weighted by Gasteiger charge is 2.14. The van der Waals surface area contributed by atoms with Crippen molar-refractivity contribution < 1.29 is 9.50 Å². The van der Waals surface area contributed by atoms with Gasteiger partial charge in [-0.3, -0.25) is 0 Å². The normalized spacial score (nSPS) is 11.9. The number of rotatable bonds is 3. The molecule has 1 unspecified atom stereocenters. The van der Waals surface area contributed by atoms with Crippen molar-refractivity contribution >= 4 is 15.9 Å². The van der Waals surface area contributed by atoms with Crippen LogP contribution in [0.5, 0.6) is 0 Å². The van der Waals surface area contributed by atoms with Crippen LogP contribution in [0.4, 0.5) is 4.39 Å². The molecular formula is C8H7BrFN3O. The fraction of sp³-hybridized carbons (Fsp3) is 0.250. The summed E-state index contributed by atoms with van der Waals surface area (Å²) in [6, 6.07) is 3.73. The first-order valence-corrected chi connectivity index (χ1v) is 4.59. The van der Waals surface area contributed by atoms with E-state index in [4.69, 9.17) is 10.6 Å². The molecule has 0 aliphatic carbocycles. The van der Waals surface area contributed by atoms with Gasteiger partial charge in [0.25, 0.3) is 0 Å². The number of nitrogens with zero attached hydrogens (tertiary/aromatic N) is 3. The van der Waals surface area contributed by atoms with E-state index in [1.165, 1.54) is 12.1 Å². The molecule has 0 saturated carbocycles. The molecule has 0 radical (unpaired) electrons. The molecule has 0 aliphatic rings. The van der Waals surface area contributed by atoms with Gasteiger partial charge in [0.2, 0.25) is 0 Å². The van der Waals surface area contributed by atoms with Crippen LogP contribution in [0.3, 0.4) is 0 Å². The van der Waals surface area contributed by atoms with Gasteiger partial charge in [-0.1, -0.05) is 17.2 Å². The summed E-state index contributed by atoms with van der Waals surface area (Å²) in [5, 5.41) is 12.2. The molecule has 6 heteroatoms. The van der Waals surface area contributed by atoms with E-state index >= 15 is 0 Å². The molecule has 1 rings (SSSR count). The number of benzene rings is 1. The molecule has 1 aromatic rings. The minimum Gasteiger partial charge on any atom is -0.396 e. The Morgan fingerprint density at radius 2 is 2.36 bits per heavy atom. The van der Waals surface area contributed by atoms with Crippen LogP contribution in [0.2, 0.25) is 0 Å². The average molecular weight is 260 g/mol. The van der Waals surface area contributed by atoms with Gasteiger partial charge >= 0.3 is 0 Å². The molecule has 0 saturated heterocycles. The molecule has 0 spiro atoms. The summed E-state index contributed by atoms with van der Waals surface area (Å²) in [6.07, 6.45) is 0. The number of aliphatic hydroxyl groups excluding tert-OH is 1. The van der Waals surface area contributed by atoms with Gasteiger partial charge < -0.3 is 5.11 Å². The third-order valence-electron chi connectivity index (χ3n) is 1.70. The smallest absolute Gasteiger partial charge is 0.141 e. The Hall–Kier alpha value is -1.10. The summed E-state index contributed by atoms with van der Waals surface area (Å²) in [6.45, 7) is -0.419. The molecular weight excluding hydrogens is 253 g/mol. The van der Waals surface area contributed by atoms with E-state index in [1.54, 1.807) is 6.07 Å². The number of hydrogen-bond acceptors (Lipinski definition) is 2. The zero-order valence-electron chi connectivity index (χ0n) is 7.06. The quantitative estimate of drug-likeness (QED) is 0.506. The molecule has 0 heterocycles. The van der Waals surface area contributed by atoms with Crippen LogP contribution in [-0.2, 0) is 0 Å². The first-order chi connectivity index (χ1) is 6.70. The minimum atomic E-state index is -0.877. The fourth-order valence-electron chi connectivity index (χ4n) is 1.04. The molecule has 0 aliphatic heterocycles. The van der Waals surface area contributed by atoms with Crippen molar-refractivity contribution in [3.8, 4) is 0 Å². The van der Waals surface area contributed by atoms with Gasteiger partial charge in [-0.15, -0.1) is 0 Å². The molecule has 14 heavy (non-hydrogen) atoms. The summed E-state index contributed by atoms with van der Waals surface area (Å²) in [7, 11) is 0. The zero-order chi connectivity index (χ0) is 10.6. The van der Waals surface area contributed by atoms with Crippen molar-refractivity contribution in [2.45, 2.75) is 6.04 Å². The van der Waals surface area contributed by atoms with Crippen LogP contribution < -0.4 is 0 Å². The number of aliphatic hydroxyl groups is 1. The zero-order valence-corrected chi connectivity index (χ0v) is 8.65. The first-order valence-electron chi connectivity index (χ1n) is 3.79. The van der Waals surface area contributed by atoms with Crippen molar-refractivity contribution in [2.24, 2.45) is 5.11 Å². The SMILES string of the molecule is [N-]=[N+]=NC(CO)c1cccc(Br)c1F. The highest BCUT2D eigenvalue weighted by molar-refractivity contribution is 9.10. The highest BCUT2D eigenvalue weighted by atomic mass is 79.9. The van der Waals surface area contributed by atoms with Crippen LogP contribution in [0, 0.1) is 5.82 Å². The summed E-state index contributed by atoms with van der Waals surface area (Å²) in [4.78, 5) is 2.54. The van der Waals surface area contributed by atoms with E-state index in [0.717, 1.165) is 0 Å². The lowest BCUT2D eigenvalue weighted by Gasteiger charge is -2.09. The van der Waals surface area contributed by atoms with E-state index in [-0.39, 0.29) is 10.0 Å². The fourth-order valence-corrected chi connectivity index (χ4v) is 1.42. The monoisotopic (exact) mass is 259 g/mol. The van der Waals surface area contributed by atoms with Crippen molar-refractivity contribution in [1.29, 1.82) is 0 Å². The number of halogens is 2. The Balaban J connectivity index is 3.16. The lowest BCUT2D eigenvalue weighted by atomic mass is 10.1. The van der Waals surface area contributed by atoms with Crippen LogP contribution in [-0.4, -0.2) is 11.7 Å². The summed E-state index contributed by atoms with van der Waals surface area (Å²) < 4.78 is 13.7. The second-order valence-electron chi connectivity index (χ2n) is 2.55. The second-order valence-corrected chi connectivity index (χ2v) is 3.40. The maximum Gasteiger partial charge on any atom is 0.141 e. The molecule has 0 bridgehead atoms. The van der Waals surface area contributed by atoms with E-state index in [0.29, 0.717) is 0 Å². The predicted octanol–water partition coefficient (Wildman–Crippen LogP) is 2.93. The van der Waals surface area contributed by atoms with E-state index in [9.17, 15) is 4.39 Å².